The van der Waals surface area contributed by atoms with Gasteiger partial charge < -0.3 is 20.1 Å². The molecule has 2 amide bonds. The van der Waals surface area contributed by atoms with E-state index in [1.165, 1.54) is 5.56 Å². The number of nitrogens with one attached hydrogen (secondary N) is 1. The first kappa shape index (κ1) is 21.2. The number of aliphatic carboxylic acids is 1. The molecule has 0 radical (unpaired) electrons. The highest BCUT2D eigenvalue weighted by molar-refractivity contribution is 5.74. The second-order valence-corrected chi connectivity index (χ2v) is 7.48. The number of rotatable bonds is 8. The van der Waals surface area contributed by atoms with Crippen LogP contribution in [-0.4, -0.2) is 79.4 Å². The minimum Gasteiger partial charge on any atom is -0.480 e. The van der Waals surface area contributed by atoms with E-state index in [2.05, 4.69) is 31.3 Å². The quantitative estimate of drug-likeness (QED) is 0.723. The van der Waals surface area contributed by atoms with E-state index in [1.807, 2.05) is 18.2 Å². The molecule has 2 unspecified atom stereocenters. The van der Waals surface area contributed by atoms with Crippen LogP contribution in [0.3, 0.4) is 0 Å². The first-order valence-electron chi connectivity index (χ1n) is 9.46. The average molecular weight is 377 g/mol. The Morgan fingerprint density at radius 2 is 2.04 bits per heavy atom. The molecular formula is C20H31N3O4. The smallest absolute Gasteiger partial charge is 0.317 e. The topological polar surface area (TPSA) is 82.1 Å². The van der Waals surface area contributed by atoms with Gasteiger partial charge in [-0.1, -0.05) is 44.2 Å². The number of hydrogen-bond donors (Lipinski definition) is 2. The zero-order valence-corrected chi connectivity index (χ0v) is 16.4. The van der Waals surface area contributed by atoms with E-state index in [0.29, 0.717) is 38.7 Å². The van der Waals surface area contributed by atoms with Crippen molar-refractivity contribution in [1.29, 1.82) is 0 Å². The van der Waals surface area contributed by atoms with Crippen LogP contribution < -0.4 is 5.32 Å². The van der Waals surface area contributed by atoms with Gasteiger partial charge in [-0.05, 0) is 18.5 Å². The van der Waals surface area contributed by atoms with Crippen LogP contribution in [0.15, 0.2) is 30.3 Å². The van der Waals surface area contributed by atoms with Gasteiger partial charge in [-0.3, -0.25) is 9.69 Å². The fourth-order valence-electron chi connectivity index (χ4n) is 3.41. The molecule has 2 rings (SSSR count). The van der Waals surface area contributed by atoms with Crippen molar-refractivity contribution in [3.8, 4) is 0 Å². The summed E-state index contributed by atoms with van der Waals surface area (Å²) in [5.74, 6) is -0.202. The van der Waals surface area contributed by atoms with Crippen molar-refractivity contribution in [1.82, 2.24) is 15.1 Å². The Bertz CT molecular complexity index is 609. The predicted molar refractivity (Wildman–Crippen MR) is 104 cm³/mol. The third-order valence-corrected chi connectivity index (χ3v) is 4.85. The third-order valence-electron chi connectivity index (χ3n) is 4.85. The predicted octanol–water partition coefficient (Wildman–Crippen LogP) is 1.85. The monoisotopic (exact) mass is 377 g/mol. The Kier molecular flexibility index (Phi) is 8.06. The van der Waals surface area contributed by atoms with E-state index >= 15 is 0 Å². The van der Waals surface area contributed by atoms with Crippen LogP contribution in [0.2, 0.25) is 0 Å². The van der Waals surface area contributed by atoms with Crippen molar-refractivity contribution in [2.45, 2.75) is 25.9 Å². The Morgan fingerprint density at radius 1 is 1.33 bits per heavy atom. The molecule has 1 saturated heterocycles. The molecule has 2 atom stereocenters. The molecule has 1 aromatic carbocycles. The molecular weight excluding hydrogens is 346 g/mol. The van der Waals surface area contributed by atoms with E-state index in [-0.39, 0.29) is 24.6 Å². The third kappa shape index (κ3) is 6.84. The maximum atomic E-state index is 12.6. The van der Waals surface area contributed by atoms with Crippen LogP contribution in [0, 0.1) is 5.92 Å². The second kappa shape index (κ2) is 10.3. The summed E-state index contributed by atoms with van der Waals surface area (Å²) >= 11 is 0. The van der Waals surface area contributed by atoms with E-state index < -0.39 is 5.97 Å². The van der Waals surface area contributed by atoms with Crippen LogP contribution in [0.4, 0.5) is 4.79 Å². The van der Waals surface area contributed by atoms with Gasteiger partial charge in [0.15, 0.2) is 0 Å². The number of carboxylic acid groups (broad SMARTS) is 1. The Hall–Kier alpha value is -2.12. The molecule has 7 heteroatoms. The van der Waals surface area contributed by atoms with Gasteiger partial charge in [-0.15, -0.1) is 0 Å². The zero-order chi connectivity index (χ0) is 19.8. The number of ether oxygens (including phenoxy) is 1. The number of morpholine rings is 1. The van der Waals surface area contributed by atoms with Crippen molar-refractivity contribution in [3.63, 3.8) is 0 Å². The zero-order valence-electron chi connectivity index (χ0n) is 16.4. The number of nitrogens with zero attached hydrogens (tertiary/aromatic N) is 2. The average Bonchev–Trinajstić information content (AvgIpc) is 2.61. The van der Waals surface area contributed by atoms with Crippen LogP contribution in [-0.2, 0) is 9.53 Å². The summed E-state index contributed by atoms with van der Waals surface area (Å²) in [5, 5.41) is 11.9. The number of carbonyl (C=O) groups is 2. The lowest BCUT2D eigenvalue weighted by Gasteiger charge is -2.35. The van der Waals surface area contributed by atoms with Gasteiger partial charge in [-0.25, -0.2) is 4.79 Å². The number of likely N-dealkylation sites (N-methyl/N-ethyl adjacent to an activating group) is 1. The summed E-state index contributed by atoms with van der Waals surface area (Å²) in [5.41, 5.74) is 1.22. The highest BCUT2D eigenvalue weighted by Crippen LogP contribution is 2.23. The summed E-state index contributed by atoms with van der Waals surface area (Å²) in [6, 6.07) is 10.1. The lowest BCUT2D eigenvalue weighted by molar-refractivity contribution is -0.138. The van der Waals surface area contributed by atoms with E-state index in [9.17, 15) is 9.59 Å². The maximum absolute atomic E-state index is 12.6. The molecule has 1 aromatic rings. The second-order valence-electron chi connectivity index (χ2n) is 7.48. The first-order chi connectivity index (χ1) is 12.9. The number of amides is 2. The van der Waals surface area contributed by atoms with Gasteiger partial charge in [0.1, 0.15) is 0 Å². The number of carbonyl (C=O) groups excluding carboxylic acids is 1. The maximum Gasteiger partial charge on any atom is 0.317 e. The SMILES string of the molecule is CC(C)C(CNC(=O)N1CCOC(CN(C)CC(=O)O)C1)c1ccccc1. The fourth-order valence-corrected chi connectivity index (χ4v) is 3.41. The van der Waals surface area contributed by atoms with Gasteiger partial charge in [0.25, 0.3) is 0 Å². The molecule has 0 aliphatic carbocycles. The molecule has 2 N–H and O–H groups in total. The Labute approximate surface area is 161 Å². The minimum absolute atomic E-state index is 0.0425. The highest BCUT2D eigenvalue weighted by Gasteiger charge is 2.26. The normalized spacial score (nSPS) is 18.6. The van der Waals surface area contributed by atoms with Gasteiger partial charge >= 0.3 is 12.0 Å². The summed E-state index contributed by atoms with van der Waals surface area (Å²) in [6.07, 6.45) is -0.177. The molecule has 1 aliphatic rings. The standard InChI is InChI=1S/C20H31N3O4/c1-15(2)18(16-7-5-4-6-8-16)11-21-20(26)23-9-10-27-17(13-23)12-22(3)14-19(24)25/h4-8,15,17-18H,9-14H2,1-3H3,(H,21,26)(H,24,25). The van der Waals surface area contributed by atoms with Crippen molar-refractivity contribution in [3.05, 3.63) is 35.9 Å². The number of hydrogen-bond acceptors (Lipinski definition) is 4. The fraction of sp³-hybridized carbons (Fsp3) is 0.600. The Morgan fingerprint density at radius 3 is 2.67 bits per heavy atom. The largest absolute Gasteiger partial charge is 0.480 e. The van der Waals surface area contributed by atoms with E-state index in [0.717, 1.165) is 0 Å². The summed E-state index contributed by atoms with van der Waals surface area (Å²) in [7, 11) is 1.74. The molecule has 0 bridgehead atoms. The molecule has 0 spiro atoms. The lowest BCUT2D eigenvalue weighted by atomic mass is 9.88. The van der Waals surface area contributed by atoms with Crippen LogP contribution in [0.1, 0.15) is 25.3 Å². The van der Waals surface area contributed by atoms with Crippen molar-refractivity contribution < 1.29 is 19.4 Å². The molecule has 27 heavy (non-hydrogen) atoms. The molecule has 0 aromatic heterocycles. The van der Waals surface area contributed by atoms with Gasteiger partial charge in [0.05, 0.1) is 19.3 Å². The van der Waals surface area contributed by atoms with Crippen LogP contribution in [0.5, 0.6) is 0 Å². The van der Waals surface area contributed by atoms with E-state index in [1.54, 1.807) is 16.8 Å². The molecule has 1 heterocycles. The molecule has 1 fully saturated rings. The summed E-state index contributed by atoms with van der Waals surface area (Å²) in [4.78, 5) is 26.9. The van der Waals surface area contributed by atoms with Crippen molar-refractivity contribution >= 4 is 12.0 Å². The highest BCUT2D eigenvalue weighted by atomic mass is 16.5. The molecule has 7 nitrogen and oxygen atoms in total. The van der Waals surface area contributed by atoms with Gasteiger partial charge in [-0.2, -0.15) is 0 Å². The number of benzene rings is 1. The van der Waals surface area contributed by atoms with Crippen LogP contribution in [0.25, 0.3) is 0 Å². The van der Waals surface area contributed by atoms with Gasteiger partial charge in [0.2, 0.25) is 0 Å². The summed E-state index contributed by atoms with van der Waals surface area (Å²) < 4.78 is 5.69. The van der Waals surface area contributed by atoms with Crippen LogP contribution >= 0.6 is 0 Å². The first-order valence-corrected chi connectivity index (χ1v) is 9.46. The minimum atomic E-state index is -0.872. The van der Waals surface area contributed by atoms with Gasteiger partial charge in [0, 0.05) is 32.1 Å². The summed E-state index contributed by atoms with van der Waals surface area (Å²) in [6.45, 7) is 6.82. The molecule has 150 valence electrons. The van der Waals surface area contributed by atoms with E-state index in [4.69, 9.17) is 9.84 Å². The van der Waals surface area contributed by atoms with Crippen molar-refractivity contribution in [2.75, 3.05) is 46.4 Å². The Balaban J connectivity index is 1.86. The number of carboxylic acids is 1. The van der Waals surface area contributed by atoms with Crippen molar-refractivity contribution in [2.24, 2.45) is 5.92 Å². The molecule has 0 saturated carbocycles. The lowest BCUT2D eigenvalue weighted by Crippen LogP contribution is -2.52. The molecule has 1 aliphatic heterocycles. The number of urea groups is 1.